The van der Waals surface area contributed by atoms with Crippen LogP contribution in [0.25, 0.3) is 0 Å². The van der Waals surface area contributed by atoms with E-state index in [1.54, 1.807) is 11.1 Å². The molecule has 0 bridgehead atoms. The Hall–Kier alpha value is -1.86. The molecule has 2 aliphatic carbocycles. The molecule has 4 rings (SSSR count). The van der Waals surface area contributed by atoms with Gasteiger partial charge in [0.1, 0.15) is 0 Å². The molecular formula is C28H30F2Zr. The van der Waals surface area contributed by atoms with Crippen LogP contribution in [-0.4, -0.2) is 0 Å². The topological polar surface area (TPSA) is 0 Å². The van der Waals surface area contributed by atoms with E-state index in [0.717, 1.165) is 0 Å². The summed E-state index contributed by atoms with van der Waals surface area (Å²) in [6, 6.07) is 21.9. The zero-order valence-electron chi connectivity index (χ0n) is 18.0. The third-order valence-electron chi connectivity index (χ3n) is 5.87. The van der Waals surface area contributed by atoms with Gasteiger partial charge in [-0.05, 0) is 0 Å². The second kappa shape index (κ2) is 13.5. The van der Waals surface area contributed by atoms with Crippen LogP contribution >= 0.6 is 0 Å². The largest absolute Gasteiger partial charge is 1.00 e. The summed E-state index contributed by atoms with van der Waals surface area (Å²) in [6.07, 6.45) is 19.6. The predicted molar refractivity (Wildman–Crippen MR) is 120 cm³/mol. The van der Waals surface area contributed by atoms with E-state index in [9.17, 15) is 0 Å². The Balaban J connectivity index is 0.00000171. The van der Waals surface area contributed by atoms with Gasteiger partial charge >= 0.3 is 188 Å². The molecule has 0 unspecified atom stereocenters. The van der Waals surface area contributed by atoms with E-state index in [1.165, 1.54) is 62.5 Å². The van der Waals surface area contributed by atoms with Gasteiger partial charge in [0.2, 0.25) is 0 Å². The van der Waals surface area contributed by atoms with Crippen LogP contribution in [0.4, 0.5) is 0 Å². The molecule has 0 heterocycles. The zero-order valence-corrected chi connectivity index (χ0v) is 20.5. The molecule has 2 aromatic carbocycles. The van der Waals surface area contributed by atoms with Crippen LogP contribution in [0, 0.1) is 0 Å². The van der Waals surface area contributed by atoms with Gasteiger partial charge in [-0.2, -0.15) is 0 Å². The van der Waals surface area contributed by atoms with Gasteiger partial charge in [-0.25, -0.2) is 0 Å². The van der Waals surface area contributed by atoms with Crippen LogP contribution in [-0.2, 0) is 36.1 Å². The second-order valence-corrected chi connectivity index (χ2v) is 11.6. The van der Waals surface area contributed by atoms with Gasteiger partial charge in [0.25, 0.3) is 0 Å². The molecule has 2 aliphatic rings. The first-order chi connectivity index (χ1) is 14.4. The average molecular weight is 496 g/mol. The molecule has 160 valence electrons. The van der Waals surface area contributed by atoms with Gasteiger partial charge < -0.3 is 9.41 Å². The third-order valence-corrected chi connectivity index (χ3v) is 9.93. The fourth-order valence-electron chi connectivity index (χ4n) is 4.27. The normalized spacial score (nSPS) is 14.5. The van der Waals surface area contributed by atoms with Crippen LogP contribution in [0.1, 0.15) is 49.7 Å². The van der Waals surface area contributed by atoms with Gasteiger partial charge in [0.15, 0.2) is 0 Å². The molecule has 0 nitrogen and oxygen atoms in total. The summed E-state index contributed by atoms with van der Waals surface area (Å²) in [5, 5.41) is 0. The third kappa shape index (κ3) is 7.65. The Morgan fingerprint density at radius 1 is 0.548 bits per heavy atom. The van der Waals surface area contributed by atoms with E-state index in [0.29, 0.717) is 0 Å². The van der Waals surface area contributed by atoms with E-state index < -0.39 is 23.2 Å². The van der Waals surface area contributed by atoms with E-state index in [2.05, 4.69) is 85.0 Å². The molecule has 0 saturated heterocycles. The van der Waals surface area contributed by atoms with E-state index in [4.69, 9.17) is 0 Å². The minimum Gasteiger partial charge on any atom is -1.00 e. The molecule has 3 heteroatoms. The maximum absolute atomic E-state index is 2.43. The SMILES string of the molecule is C1=CC(CCCc2ccccc2)=[C]([Zr+2][C]2=C(CCCc3ccccc3)C=CC2)C1.[F-].[F-]. The zero-order chi connectivity index (χ0) is 19.7. The molecule has 0 spiro atoms. The number of allylic oxidation sites excluding steroid dienone is 8. The van der Waals surface area contributed by atoms with E-state index >= 15 is 0 Å². The maximum Gasteiger partial charge on any atom is -1.00 e. The van der Waals surface area contributed by atoms with Gasteiger partial charge in [0, 0.05) is 0 Å². The molecule has 31 heavy (non-hydrogen) atoms. The van der Waals surface area contributed by atoms with E-state index in [1.807, 2.05) is 6.56 Å². The minimum absolute atomic E-state index is 0. The molecular weight excluding hydrogens is 466 g/mol. The first-order valence-electron chi connectivity index (χ1n) is 11.0. The molecule has 0 N–H and O–H groups in total. The van der Waals surface area contributed by atoms with E-state index in [-0.39, 0.29) is 9.41 Å². The summed E-state index contributed by atoms with van der Waals surface area (Å²) in [5.41, 5.74) is 6.30. The van der Waals surface area contributed by atoms with Gasteiger partial charge in [-0.15, -0.1) is 0 Å². The van der Waals surface area contributed by atoms with Crippen LogP contribution in [0.3, 0.4) is 0 Å². The number of benzene rings is 2. The summed E-state index contributed by atoms with van der Waals surface area (Å²) in [5.74, 6) is 0. The number of hydrogen-bond acceptors (Lipinski definition) is 0. The average Bonchev–Trinajstić information content (AvgIpc) is 3.40. The van der Waals surface area contributed by atoms with Gasteiger partial charge in [0.05, 0.1) is 0 Å². The van der Waals surface area contributed by atoms with Crippen molar-refractivity contribution in [2.24, 2.45) is 0 Å². The molecule has 0 radical (unpaired) electrons. The van der Waals surface area contributed by atoms with Crippen molar-refractivity contribution in [1.82, 2.24) is 0 Å². The first-order valence-corrected chi connectivity index (χ1v) is 13.5. The van der Waals surface area contributed by atoms with Crippen LogP contribution in [0.2, 0.25) is 0 Å². The Morgan fingerprint density at radius 2 is 0.968 bits per heavy atom. The quantitative estimate of drug-likeness (QED) is 0.469. The molecule has 0 saturated carbocycles. The second-order valence-electron chi connectivity index (χ2n) is 8.02. The molecule has 0 fully saturated rings. The van der Waals surface area contributed by atoms with Crippen molar-refractivity contribution in [3.05, 3.63) is 114 Å². The monoisotopic (exact) mass is 494 g/mol. The Bertz CT molecular complexity index is 846. The summed E-state index contributed by atoms with van der Waals surface area (Å²) in [4.78, 5) is 0. The predicted octanol–water partition coefficient (Wildman–Crippen LogP) is 1.55. The first kappa shape index (κ1) is 25.4. The van der Waals surface area contributed by atoms with Crippen molar-refractivity contribution < 1.29 is 32.6 Å². The van der Waals surface area contributed by atoms with Crippen molar-refractivity contribution in [2.75, 3.05) is 0 Å². The van der Waals surface area contributed by atoms with Crippen molar-refractivity contribution in [2.45, 2.75) is 51.4 Å². The number of halogens is 2. The van der Waals surface area contributed by atoms with Crippen molar-refractivity contribution >= 4 is 0 Å². The van der Waals surface area contributed by atoms with Crippen molar-refractivity contribution in [1.29, 1.82) is 0 Å². The Labute approximate surface area is 197 Å². The maximum atomic E-state index is 2.43. The summed E-state index contributed by atoms with van der Waals surface area (Å²) >= 11 is -0.605. The molecule has 0 aromatic heterocycles. The number of aryl methyl sites for hydroxylation is 2. The fraction of sp³-hybridized carbons (Fsp3) is 0.286. The fourth-order valence-corrected chi connectivity index (χ4v) is 8.06. The molecule has 0 amide bonds. The number of rotatable bonds is 10. The van der Waals surface area contributed by atoms with Crippen LogP contribution in [0.5, 0.6) is 0 Å². The summed E-state index contributed by atoms with van der Waals surface area (Å²) in [6.45, 7) is 0. The number of hydrogen-bond donors (Lipinski definition) is 0. The molecule has 2 aromatic rings. The minimum atomic E-state index is -0.605. The smallest absolute Gasteiger partial charge is 1.00 e. The van der Waals surface area contributed by atoms with Gasteiger partial charge in [-0.3, -0.25) is 0 Å². The Morgan fingerprint density at radius 3 is 1.39 bits per heavy atom. The van der Waals surface area contributed by atoms with Crippen molar-refractivity contribution in [3.8, 4) is 0 Å². The van der Waals surface area contributed by atoms with Gasteiger partial charge in [-0.1, -0.05) is 0 Å². The molecule has 0 aliphatic heterocycles. The Kier molecular flexibility index (Phi) is 11.1. The van der Waals surface area contributed by atoms with Crippen molar-refractivity contribution in [3.63, 3.8) is 0 Å². The van der Waals surface area contributed by atoms with Crippen LogP contribution in [0.15, 0.2) is 103 Å². The van der Waals surface area contributed by atoms with Crippen LogP contribution < -0.4 is 9.41 Å². The summed E-state index contributed by atoms with van der Waals surface area (Å²) < 4.78 is 3.67. The summed E-state index contributed by atoms with van der Waals surface area (Å²) in [7, 11) is 0. The standard InChI is InChI=1S/2C14H15.2FH.Zr/c2*1-2-7-13(8-3-1)11-6-12-14-9-4-5-10-14;;;/h2*1-4,7-9H,5-6,11-12H2;2*1H;/q;;;;+2/p-2. The molecule has 0 atom stereocenters.